The summed E-state index contributed by atoms with van der Waals surface area (Å²) in [5, 5.41) is 0. The molecule has 2 aromatic carbocycles. The number of ether oxygens (including phenoxy) is 2. The van der Waals surface area contributed by atoms with Crippen LogP contribution < -0.4 is 9.47 Å². The monoisotopic (exact) mass is 496 g/mol. The predicted molar refractivity (Wildman–Crippen MR) is 125 cm³/mol. The topological polar surface area (TPSA) is 18.5 Å². The van der Waals surface area contributed by atoms with Gasteiger partial charge in [0.15, 0.2) is 0 Å². The summed E-state index contributed by atoms with van der Waals surface area (Å²) in [6.45, 7) is 2.29. The van der Waals surface area contributed by atoms with Crippen molar-refractivity contribution >= 4 is 0 Å². The quantitative estimate of drug-likeness (QED) is 0.356. The van der Waals surface area contributed by atoms with E-state index < -0.39 is 18.2 Å². The van der Waals surface area contributed by atoms with Gasteiger partial charge in [-0.15, -0.1) is 13.2 Å². The van der Waals surface area contributed by atoms with Crippen molar-refractivity contribution in [3.63, 3.8) is 0 Å². The Hall–Kier alpha value is -2.31. The first-order valence-corrected chi connectivity index (χ1v) is 12.7. The van der Waals surface area contributed by atoms with Crippen LogP contribution in [0.25, 0.3) is 0 Å². The first-order valence-electron chi connectivity index (χ1n) is 12.7. The van der Waals surface area contributed by atoms with Crippen LogP contribution in [0.15, 0.2) is 48.5 Å². The molecule has 0 heterocycles. The van der Waals surface area contributed by atoms with Gasteiger partial charge in [-0.1, -0.05) is 38.3 Å². The van der Waals surface area contributed by atoms with Gasteiger partial charge in [0.25, 0.3) is 0 Å². The van der Waals surface area contributed by atoms with Crippen LogP contribution >= 0.6 is 0 Å². The first-order chi connectivity index (χ1) is 16.6. The van der Waals surface area contributed by atoms with Crippen molar-refractivity contribution in [2.24, 2.45) is 17.8 Å². The van der Waals surface area contributed by atoms with Crippen LogP contribution in [0.4, 0.5) is 22.0 Å². The molecule has 0 radical (unpaired) electrons. The fourth-order valence-corrected chi connectivity index (χ4v) is 5.86. The molecule has 2 saturated carbocycles. The second-order valence-corrected chi connectivity index (χ2v) is 10.1. The molecule has 35 heavy (non-hydrogen) atoms. The van der Waals surface area contributed by atoms with Gasteiger partial charge in [-0.2, -0.15) is 8.78 Å². The van der Waals surface area contributed by atoms with Gasteiger partial charge in [-0.05, 0) is 104 Å². The third-order valence-corrected chi connectivity index (χ3v) is 7.93. The van der Waals surface area contributed by atoms with Gasteiger partial charge in [0.05, 0.1) is 5.56 Å². The molecule has 0 N–H and O–H groups in total. The number of benzene rings is 2. The van der Waals surface area contributed by atoms with Crippen LogP contribution in [0, 0.1) is 17.8 Å². The SMILES string of the molecule is CCC1CCC(C2CCC(c3ccc(C(F)(F)Oc4ccc(OC(F)(F)F)cc4)cc3)CC2)CC1. The van der Waals surface area contributed by atoms with E-state index in [-0.39, 0.29) is 11.3 Å². The summed E-state index contributed by atoms with van der Waals surface area (Å²) in [5.41, 5.74) is 0.782. The summed E-state index contributed by atoms with van der Waals surface area (Å²) in [6.07, 6.45) is 2.89. The van der Waals surface area contributed by atoms with Crippen LogP contribution in [-0.2, 0) is 6.11 Å². The second-order valence-electron chi connectivity index (χ2n) is 10.1. The van der Waals surface area contributed by atoms with Crippen LogP contribution in [0.2, 0.25) is 0 Å². The van der Waals surface area contributed by atoms with Crippen molar-refractivity contribution in [2.75, 3.05) is 0 Å². The third-order valence-electron chi connectivity index (χ3n) is 7.93. The molecule has 2 aliphatic rings. The highest BCUT2D eigenvalue weighted by atomic mass is 19.4. The van der Waals surface area contributed by atoms with E-state index in [1.807, 2.05) is 0 Å². The Morgan fingerprint density at radius 3 is 1.63 bits per heavy atom. The lowest BCUT2D eigenvalue weighted by Crippen LogP contribution is -2.25. The molecule has 192 valence electrons. The minimum atomic E-state index is -4.85. The van der Waals surface area contributed by atoms with Gasteiger partial charge < -0.3 is 9.47 Å². The van der Waals surface area contributed by atoms with E-state index >= 15 is 0 Å². The second kappa shape index (κ2) is 10.8. The van der Waals surface area contributed by atoms with Crippen molar-refractivity contribution < 1.29 is 31.4 Å². The van der Waals surface area contributed by atoms with Gasteiger partial charge in [-0.3, -0.25) is 0 Å². The smallest absolute Gasteiger partial charge is 0.429 e. The standard InChI is InChI=1S/C28H33F5O2/c1-2-19-3-5-20(6-4-19)21-7-9-22(10-8-21)23-11-13-24(14-12-23)27(29,30)34-25-15-17-26(18-16-25)35-28(31,32)33/h11-22H,2-10H2,1H3. The summed E-state index contributed by atoms with van der Waals surface area (Å²) < 4.78 is 74.6. The van der Waals surface area contributed by atoms with Crippen molar-refractivity contribution in [3.8, 4) is 11.5 Å². The Balaban J connectivity index is 1.30. The zero-order valence-electron chi connectivity index (χ0n) is 20.0. The van der Waals surface area contributed by atoms with E-state index in [4.69, 9.17) is 4.74 Å². The molecular weight excluding hydrogens is 463 g/mol. The van der Waals surface area contributed by atoms with Crippen molar-refractivity contribution in [1.82, 2.24) is 0 Å². The average Bonchev–Trinajstić information content (AvgIpc) is 2.84. The maximum Gasteiger partial charge on any atom is 0.573 e. The van der Waals surface area contributed by atoms with Crippen LogP contribution in [0.3, 0.4) is 0 Å². The molecule has 4 rings (SSSR count). The average molecular weight is 497 g/mol. The lowest BCUT2D eigenvalue weighted by atomic mass is 9.68. The van der Waals surface area contributed by atoms with E-state index in [0.29, 0.717) is 5.92 Å². The van der Waals surface area contributed by atoms with Gasteiger partial charge >= 0.3 is 12.5 Å². The molecule has 0 saturated heterocycles. The van der Waals surface area contributed by atoms with Gasteiger partial charge in [0, 0.05) is 0 Å². The molecule has 0 aromatic heterocycles. The lowest BCUT2D eigenvalue weighted by molar-refractivity contribution is -0.274. The largest absolute Gasteiger partial charge is 0.573 e. The molecule has 7 heteroatoms. The van der Waals surface area contributed by atoms with Crippen molar-refractivity contribution in [1.29, 1.82) is 0 Å². The Morgan fingerprint density at radius 2 is 1.14 bits per heavy atom. The number of rotatable bonds is 7. The summed E-state index contributed by atoms with van der Waals surface area (Å²) in [6, 6.07) is 10.2. The normalized spacial score (nSPS) is 25.8. The summed E-state index contributed by atoms with van der Waals surface area (Å²) in [5.74, 6) is 2.20. The molecule has 0 spiro atoms. The summed E-state index contributed by atoms with van der Waals surface area (Å²) >= 11 is 0. The first kappa shape index (κ1) is 25.8. The highest BCUT2D eigenvalue weighted by molar-refractivity contribution is 5.33. The number of hydrogen-bond acceptors (Lipinski definition) is 2. The highest BCUT2D eigenvalue weighted by Gasteiger charge is 2.36. The predicted octanol–water partition coefficient (Wildman–Crippen LogP) is 9.20. The van der Waals surface area contributed by atoms with E-state index in [2.05, 4.69) is 11.7 Å². The molecular formula is C28H33F5O2. The Labute approximate surface area is 203 Å². The maximum atomic E-state index is 14.7. The van der Waals surface area contributed by atoms with Crippen LogP contribution in [-0.4, -0.2) is 6.36 Å². The zero-order chi connectivity index (χ0) is 25.1. The third kappa shape index (κ3) is 6.89. The van der Waals surface area contributed by atoms with E-state index in [0.717, 1.165) is 60.4 Å². The fraction of sp³-hybridized carbons (Fsp3) is 0.571. The van der Waals surface area contributed by atoms with Crippen molar-refractivity contribution in [2.45, 2.75) is 83.1 Å². The Morgan fingerprint density at radius 1 is 0.657 bits per heavy atom. The highest BCUT2D eigenvalue weighted by Crippen LogP contribution is 2.44. The van der Waals surface area contributed by atoms with Crippen LogP contribution in [0.1, 0.15) is 81.8 Å². The summed E-state index contributed by atoms with van der Waals surface area (Å²) in [4.78, 5) is 0. The molecule has 0 amide bonds. The van der Waals surface area contributed by atoms with E-state index in [9.17, 15) is 22.0 Å². The van der Waals surface area contributed by atoms with E-state index in [1.54, 1.807) is 12.1 Å². The van der Waals surface area contributed by atoms with E-state index in [1.165, 1.54) is 57.1 Å². The minimum absolute atomic E-state index is 0.250. The lowest BCUT2D eigenvalue weighted by Gasteiger charge is -2.38. The Bertz CT molecular complexity index is 923. The summed E-state index contributed by atoms with van der Waals surface area (Å²) in [7, 11) is 0. The zero-order valence-corrected chi connectivity index (χ0v) is 20.0. The van der Waals surface area contributed by atoms with Gasteiger partial charge in [0.1, 0.15) is 11.5 Å². The fourth-order valence-electron chi connectivity index (χ4n) is 5.86. The van der Waals surface area contributed by atoms with Crippen LogP contribution in [0.5, 0.6) is 11.5 Å². The minimum Gasteiger partial charge on any atom is -0.429 e. The molecule has 2 fully saturated rings. The maximum absolute atomic E-state index is 14.7. The molecule has 0 aliphatic heterocycles. The molecule has 0 unspecified atom stereocenters. The molecule has 2 nitrogen and oxygen atoms in total. The van der Waals surface area contributed by atoms with Crippen molar-refractivity contribution in [3.05, 3.63) is 59.7 Å². The Kier molecular flexibility index (Phi) is 7.92. The number of alkyl halides is 5. The number of hydrogen-bond donors (Lipinski definition) is 0. The molecule has 2 aliphatic carbocycles. The van der Waals surface area contributed by atoms with Gasteiger partial charge in [0.2, 0.25) is 0 Å². The molecule has 0 bridgehead atoms. The molecule has 2 aromatic rings. The molecule has 0 atom stereocenters. The van der Waals surface area contributed by atoms with Gasteiger partial charge in [-0.25, -0.2) is 0 Å². The number of halogens is 5.